The van der Waals surface area contributed by atoms with E-state index in [-0.39, 0.29) is 23.4 Å². The molecule has 596 valence electrons. The van der Waals surface area contributed by atoms with Crippen LogP contribution in [0.2, 0.25) is 0 Å². The molecule has 10 heterocycles. The van der Waals surface area contributed by atoms with Gasteiger partial charge in [-0.1, -0.05) is 154 Å². The molecule has 10 aromatic heterocycles. The zero-order chi connectivity index (χ0) is 83.5. The molecule has 0 unspecified atom stereocenters. The number of aromatic nitrogens is 15. The van der Waals surface area contributed by atoms with Crippen LogP contribution in [0.1, 0.15) is 119 Å². The number of aryl methyl sites for hydroxylation is 2. The molecule has 4 aliphatic carbocycles. The molecule has 0 bridgehead atoms. The van der Waals surface area contributed by atoms with Gasteiger partial charge in [0.1, 0.15) is 30.6 Å². The van der Waals surface area contributed by atoms with E-state index in [0.29, 0.717) is 54.4 Å². The van der Waals surface area contributed by atoms with Crippen LogP contribution < -0.4 is 10.6 Å². The molecule has 20 rings (SSSR count). The standard InChI is InChI=1S/C25H20N6O3S.C22H15N3.C20H18N2O.C16H16N4O.C14H12N2O/c1-15-3-2-4-18(9-15)24(32)30-21-13-29-34-23(21)19-10-20(26-12-19)25(33)27-11-16-5-7-17(8-6-16)22-14-28-31-35-22;1-3-7-20-17(5-1)16(9-11-23-20)15-13-22(25-14-15)19-10-12-24-21-8-4-2-6-18(19)21;1-11-8-16(12(2)20(11)13(3)23)19-10-17-15-7-5-4-6-14(15)9-18(17)21-22-19;1-3-4-9-21-11-13-10-16(18-19(13)2)20-12-17-14-7-5-6-8-15(14)20;1-9(17)10-5-6-11(7-10)14-12-3-2-4-13(12)15-8-16-14/h2-10,12-14,26H,11H2,1H3,(H,27,33)(H,30,32);1-14,25H;4-7,10H,8-9H2,1-3H3;5-8,10,12H,9,11H2,1-2H3;2-3,6-8H,4-5H2,1H3. The Hall–Kier alpha value is -15.2. The van der Waals surface area contributed by atoms with Crippen LogP contribution in [-0.4, -0.2) is 104 Å². The minimum atomic E-state index is -0.274. The maximum Gasteiger partial charge on any atom is 0.267 e. The molecule has 23 nitrogen and oxygen atoms in total. The van der Waals surface area contributed by atoms with E-state index in [0.717, 1.165) is 164 Å². The van der Waals surface area contributed by atoms with Gasteiger partial charge in [-0.3, -0.25) is 38.4 Å². The molecule has 6 aromatic carbocycles. The quantitative estimate of drug-likeness (QED) is 0.0486. The predicted octanol–water partition coefficient (Wildman–Crippen LogP) is 18.9. The molecule has 24 heteroatoms. The van der Waals surface area contributed by atoms with E-state index in [4.69, 9.17) is 9.26 Å². The van der Waals surface area contributed by atoms with Gasteiger partial charge in [0.2, 0.25) is 0 Å². The topological polar surface area (TPSA) is 298 Å². The van der Waals surface area contributed by atoms with E-state index in [1.54, 1.807) is 64.0 Å². The molecule has 2 amide bonds. The first-order valence-corrected chi connectivity index (χ1v) is 40.1. The molecule has 0 fully saturated rings. The lowest BCUT2D eigenvalue weighted by Gasteiger charge is -2.07. The van der Waals surface area contributed by atoms with Crippen molar-refractivity contribution >= 4 is 90.7 Å². The Labute approximate surface area is 701 Å². The Morgan fingerprint density at radius 2 is 1.43 bits per heavy atom. The molecule has 4 aliphatic rings. The van der Waals surface area contributed by atoms with Crippen molar-refractivity contribution in [3.05, 3.63) is 334 Å². The number of H-pyrrole nitrogens is 2. The second-order valence-corrected chi connectivity index (χ2v) is 30.0. The average Bonchev–Trinajstić information content (AvgIpc) is 1.62. The lowest BCUT2D eigenvalue weighted by molar-refractivity contribution is -0.114. The summed E-state index contributed by atoms with van der Waals surface area (Å²) in [5, 5.41) is 29.1. The van der Waals surface area contributed by atoms with Crippen LogP contribution in [0, 0.1) is 18.8 Å². The van der Waals surface area contributed by atoms with Crippen LogP contribution in [-0.2, 0) is 47.4 Å². The summed E-state index contributed by atoms with van der Waals surface area (Å²) in [4.78, 5) is 77.7. The third-order valence-corrected chi connectivity index (χ3v) is 22.0. The third kappa shape index (κ3) is 17.8. The number of anilines is 1. The van der Waals surface area contributed by atoms with Gasteiger partial charge >= 0.3 is 0 Å². The highest BCUT2D eigenvalue weighted by Gasteiger charge is 2.28. The summed E-state index contributed by atoms with van der Waals surface area (Å²) in [5.41, 5.74) is 29.4. The summed E-state index contributed by atoms with van der Waals surface area (Å²) in [7, 11) is 1.91. The number of aromatic amines is 2. The lowest BCUT2D eigenvalue weighted by Crippen LogP contribution is -2.22. The number of amides is 2. The van der Waals surface area contributed by atoms with Gasteiger partial charge < -0.3 is 29.9 Å². The Kier molecular flexibility index (Phi) is 23.8. The van der Waals surface area contributed by atoms with E-state index < -0.39 is 0 Å². The highest BCUT2D eigenvalue weighted by Crippen LogP contribution is 2.42. The molecule has 0 saturated heterocycles. The summed E-state index contributed by atoms with van der Waals surface area (Å²) in [5.74, 6) is 6.61. The fourth-order valence-corrected chi connectivity index (χ4v) is 15.7. The molecule has 0 radical (unpaired) electrons. The Morgan fingerprint density at radius 3 is 2.19 bits per heavy atom. The Bertz CT molecular complexity index is 6770. The minimum absolute atomic E-state index is 0.134. The first-order valence-electron chi connectivity index (χ1n) is 39.3. The number of Topliss-reactive ketones (excluding diaryl/α,β-unsaturated/α-hetero) is 2. The first kappa shape index (κ1) is 79.6. The maximum atomic E-state index is 12.7. The smallest absolute Gasteiger partial charge is 0.267 e. The summed E-state index contributed by atoms with van der Waals surface area (Å²) in [6.45, 7) is 12.3. The highest BCUT2D eigenvalue weighted by molar-refractivity contribution is 7.09. The highest BCUT2D eigenvalue weighted by atomic mass is 32.1. The number of allylic oxidation sites excluding steroid dienone is 9. The number of pyridine rings is 2. The monoisotopic (exact) mass is 1610 g/mol. The normalized spacial score (nSPS) is 12.7. The van der Waals surface area contributed by atoms with E-state index in [1.165, 1.54) is 40.0 Å². The lowest BCUT2D eigenvalue weighted by atomic mass is 10.0. The number of hydrogen-bond acceptors (Lipinski definition) is 18. The molecule has 0 spiro atoms. The molecule has 0 saturated carbocycles. The van der Waals surface area contributed by atoms with E-state index in [2.05, 4.69) is 179 Å². The van der Waals surface area contributed by atoms with Gasteiger partial charge in [-0.15, -0.1) is 11.0 Å². The van der Waals surface area contributed by atoms with Gasteiger partial charge in [-0.05, 0) is 189 Å². The fourth-order valence-electron chi connectivity index (χ4n) is 15.2. The van der Waals surface area contributed by atoms with Crippen molar-refractivity contribution in [1.29, 1.82) is 0 Å². The predicted molar refractivity (Wildman–Crippen MR) is 472 cm³/mol. The maximum absolute atomic E-state index is 12.7. The number of para-hydroxylation sites is 4. The fraction of sp³-hybridized carbons (Fsp3) is 0.144. The van der Waals surface area contributed by atoms with Crippen LogP contribution in [0.25, 0.3) is 111 Å². The van der Waals surface area contributed by atoms with Crippen molar-refractivity contribution in [2.75, 3.05) is 11.9 Å². The van der Waals surface area contributed by atoms with E-state index in [9.17, 15) is 19.2 Å². The Balaban J connectivity index is 0.000000115. The van der Waals surface area contributed by atoms with Crippen LogP contribution in [0.15, 0.2) is 277 Å². The van der Waals surface area contributed by atoms with Gasteiger partial charge in [-0.2, -0.15) is 15.3 Å². The van der Waals surface area contributed by atoms with Crippen LogP contribution in [0.3, 0.4) is 0 Å². The molecule has 4 N–H and O–H groups in total. The second kappa shape index (κ2) is 36.1. The van der Waals surface area contributed by atoms with E-state index in [1.807, 2.05) is 153 Å². The van der Waals surface area contributed by atoms with Crippen LogP contribution >= 0.6 is 11.5 Å². The number of rotatable bonds is 17. The first-order chi connectivity index (χ1) is 59.1. The summed E-state index contributed by atoms with van der Waals surface area (Å²) < 4.78 is 18.5. The number of nitrogens with zero attached hydrogens (tertiary/aromatic N) is 13. The van der Waals surface area contributed by atoms with Crippen molar-refractivity contribution in [2.24, 2.45) is 7.05 Å². The number of nitrogens with one attached hydrogen (secondary N) is 4. The number of ether oxygens (including phenoxy) is 1. The van der Waals surface area contributed by atoms with Crippen molar-refractivity contribution in [3.8, 4) is 72.9 Å². The summed E-state index contributed by atoms with van der Waals surface area (Å²) in [6, 6.07) is 60.1. The number of fused-ring (bicyclic) bond motifs is 7. The minimum Gasteiger partial charge on any atom is -0.363 e. The number of ketones is 2. The van der Waals surface area contributed by atoms with Crippen molar-refractivity contribution in [3.63, 3.8) is 0 Å². The van der Waals surface area contributed by atoms with Crippen LogP contribution in [0.4, 0.5) is 5.69 Å². The summed E-state index contributed by atoms with van der Waals surface area (Å²) in [6.07, 6.45) is 25.4. The van der Waals surface area contributed by atoms with Crippen LogP contribution in [0.5, 0.6) is 0 Å². The zero-order valence-corrected chi connectivity index (χ0v) is 68.2. The van der Waals surface area contributed by atoms with Crippen molar-refractivity contribution < 1.29 is 28.4 Å². The average molecular weight is 1610 g/mol. The second-order valence-electron chi connectivity index (χ2n) is 29.2. The van der Waals surface area contributed by atoms with Crippen molar-refractivity contribution in [2.45, 2.75) is 80.4 Å². The molecule has 121 heavy (non-hydrogen) atoms. The molecule has 0 atom stereocenters. The number of hydrogen-bond donors (Lipinski definition) is 4. The van der Waals surface area contributed by atoms with Gasteiger partial charge in [0.15, 0.2) is 23.1 Å². The SMILES string of the molecule is CC#CCOCc1cc(-n2cnc3ccccc32)nn1C.CC(=O)C1=C(C)CC(c2cc3c(nn2)Cc2ccccc2-3)=C1C.CC(=O)C1=CC(c2ncnc3c2C=CC3)=CC1.Cc1cccc(C(=O)Nc2cnoc2-c2c[nH]c(C(=O)NCc3ccc(-c4cnns4)cc3)c2)c1.c1ccc2c(-c3c[nH]c(-c4ccnc5ccccc45)c3)ccnc2c1. The van der Waals surface area contributed by atoms with Crippen molar-refractivity contribution in [1.82, 2.24) is 79.5 Å². The summed E-state index contributed by atoms with van der Waals surface area (Å²) >= 11 is 1.33. The molecule has 0 aliphatic heterocycles. The van der Waals surface area contributed by atoms with Gasteiger partial charge in [-0.25, -0.2) is 15.0 Å². The van der Waals surface area contributed by atoms with E-state index >= 15 is 0 Å². The zero-order valence-electron chi connectivity index (χ0n) is 67.4. The van der Waals surface area contributed by atoms with Gasteiger partial charge in [0.25, 0.3) is 11.8 Å². The molecular formula is C97H81N17O6S. The Morgan fingerprint density at radius 1 is 0.669 bits per heavy atom. The molecular weight excluding hydrogens is 1530 g/mol. The largest absolute Gasteiger partial charge is 0.363 e. The van der Waals surface area contributed by atoms with Gasteiger partial charge in [0, 0.05) is 113 Å². The third-order valence-electron chi connectivity index (χ3n) is 21.2. The number of carbonyl (C=O) groups excluding carboxylic acids is 4. The molecule has 16 aromatic rings. The van der Waals surface area contributed by atoms with Gasteiger partial charge in [0.05, 0.1) is 74.4 Å². The number of imidazole rings is 1. The number of carbonyl (C=O) groups is 4. The number of benzene rings is 6.